The van der Waals surface area contributed by atoms with E-state index in [9.17, 15) is 13.2 Å². The third-order valence-corrected chi connectivity index (χ3v) is 7.01. The highest BCUT2D eigenvalue weighted by Crippen LogP contribution is 2.25. The number of nitrogens with zero attached hydrogens (tertiary/aromatic N) is 2. The largest absolute Gasteiger partial charge is 0.339 e. The number of piperidine rings is 1. The van der Waals surface area contributed by atoms with E-state index in [-0.39, 0.29) is 21.9 Å². The number of sulfonamides is 1. The Morgan fingerprint density at radius 2 is 1.83 bits per heavy atom. The monoisotopic (exact) mass is 371 g/mol. The van der Waals surface area contributed by atoms with Gasteiger partial charge in [0, 0.05) is 26.2 Å². The summed E-state index contributed by atoms with van der Waals surface area (Å²) in [4.78, 5) is 14.4. The number of rotatable bonds is 3. The fraction of sp³-hybridized carbons (Fsp3) is 0.562. The van der Waals surface area contributed by atoms with Gasteiger partial charge in [-0.15, -0.1) is 0 Å². The molecule has 1 aromatic rings. The van der Waals surface area contributed by atoms with Gasteiger partial charge in [-0.1, -0.05) is 30.2 Å². The first kappa shape index (κ1) is 17.7. The lowest BCUT2D eigenvalue weighted by Gasteiger charge is -2.36. The van der Waals surface area contributed by atoms with Crippen LogP contribution in [0.3, 0.4) is 0 Å². The molecular formula is C16H22ClN3O3S. The zero-order valence-electron chi connectivity index (χ0n) is 13.4. The molecular weight excluding hydrogens is 350 g/mol. The van der Waals surface area contributed by atoms with Crippen LogP contribution in [0.1, 0.15) is 19.3 Å². The van der Waals surface area contributed by atoms with Crippen molar-refractivity contribution in [3.8, 4) is 0 Å². The van der Waals surface area contributed by atoms with Gasteiger partial charge in [-0.3, -0.25) is 4.79 Å². The van der Waals surface area contributed by atoms with Crippen LogP contribution in [0, 0.1) is 0 Å². The van der Waals surface area contributed by atoms with Crippen molar-refractivity contribution in [1.29, 1.82) is 0 Å². The second-order valence-electron chi connectivity index (χ2n) is 6.16. The first-order valence-corrected chi connectivity index (χ1v) is 10.1. The van der Waals surface area contributed by atoms with Gasteiger partial charge in [-0.05, 0) is 31.5 Å². The van der Waals surface area contributed by atoms with E-state index in [1.54, 1.807) is 23.1 Å². The fourth-order valence-electron chi connectivity index (χ4n) is 3.22. The number of nitrogens with one attached hydrogen (secondary N) is 1. The third kappa shape index (κ3) is 3.59. The molecule has 0 spiro atoms. The zero-order valence-corrected chi connectivity index (χ0v) is 15.0. The molecule has 1 amide bonds. The highest BCUT2D eigenvalue weighted by atomic mass is 35.5. The van der Waals surface area contributed by atoms with Crippen LogP contribution in [0.2, 0.25) is 5.02 Å². The van der Waals surface area contributed by atoms with Gasteiger partial charge in [0.1, 0.15) is 4.90 Å². The number of amides is 1. The lowest BCUT2D eigenvalue weighted by molar-refractivity contribution is -0.135. The number of hydrogen-bond donors (Lipinski definition) is 1. The van der Waals surface area contributed by atoms with E-state index in [1.165, 1.54) is 10.4 Å². The van der Waals surface area contributed by atoms with Gasteiger partial charge in [-0.2, -0.15) is 4.31 Å². The molecule has 3 rings (SSSR count). The molecule has 8 heteroatoms. The Hall–Kier alpha value is -1.15. The first-order valence-electron chi connectivity index (χ1n) is 8.27. The molecule has 2 saturated heterocycles. The summed E-state index contributed by atoms with van der Waals surface area (Å²) in [5.41, 5.74) is 0. The maximum Gasteiger partial charge on any atom is 0.244 e. The Morgan fingerprint density at radius 1 is 1.12 bits per heavy atom. The van der Waals surface area contributed by atoms with E-state index < -0.39 is 10.0 Å². The minimum absolute atomic E-state index is 0.0875. The SMILES string of the molecule is O=C(C1CCCCN1)N1CCN(S(=O)(=O)c2ccccc2Cl)CC1. The van der Waals surface area contributed by atoms with Crippen LogP contribution < -0.4 is 5.32 Å². The zero-order chi connectivity index (χ0) is 17.2. The van der Waals surface area contributed by atoms with Crippen LogP contribution in [0.25, 0.3) is 0 Å². The van der Waals surface area contributed by atoms with Gasteiger partial charge < -0.3 is 10.2 Å². The molecule has 1 atom stereocenters. The number of halogens is 1. The van der Waals surface area contributed by atoms with Crippen LogP contribution in [-0.4, -0.2) is 62.3 Å². The number of carbonyl (C=O) groups is 1. The predicted molar refractivity (Wildman–Crippen MR) is 92.4 cm³/mol. The molecule has 1 N–H and O–H groups in total. The van der Waals surface area contributed by atoms with Gasteiger partial charge in [0.15, 0.2) is 0 Å². The molecule has 6 nitrogen and oxygen atoms in total. The fourth-order valence-corrected chi connectivity index (χ4v) is 5.14. The number of benzene rings is 1. The average Bonchev–Trinajstić information content (AvgIpc) is 2.62. The smallest absolute Gasteiger partial charge is 0.244 e. The molecule has 0 aromatic heterocycles. The summed E-state index contributed by atoms with van der Waals surface area (Å²) in [5.74, 6) is 0.0875. The first-order chi connectivity index (χ1) is 11.5. The van der Waals surface area contributed by atoms with E-state index >= 15 is 0 Å². The van der Waals surface area contributed by atoms with Gasteiger partial charge >= 0.3 is 0 Å². The van der Waals surface area contributed by atoms with Crippen LogP contribution in [0.15, 0.2) is 29.2 Å². The molecule has 132 valence electrons. The van der Waals surface area contributed by atoms with Gasteiger partial charge in [0.25, 0.3) is 0 Å². The summed E-state index contributed by atoms with van der Waals surface area (Å²) >= 11 is 6.03. The predicted octanol–water partition coefficient (Wildman–Crippen LogP) is 1.32. The molecule has 0 bridgehead atoms. The number of carbonyl (C=O) groups excluding carboxylic acids is 1. The van der Waals surface area contributed by atoms with Gasteiger partial charge in [0.2, 0.25) is 15.9 Å². The minimum Gasteiger partial charge on any atom is -0.339 e. The quantitative estimate of drug-likeness (QED) is 0.869. The lowest BCUT2D eigenvalue weighted by atomic mass is 10.0. The standard InChI is InChI=1S/C16H22ClN3O3S/c17-13-5-1-2-7-15(13)24(22,23)20-11-9-19(10-12-20)16(21)14-6-3-4-8-18-14/h1-2,5,7,14,18H,3-4,6,8-12H2. The Labute approximate surface area is 147 Å². The topological polar surface area (TPSA) is 69.7 Å². The van der Waals surface area contributed by atoms with E-state index in [0.717, 1.165) is 25.8 Å². The summed E-state index contributed by atoms with van der Waals surface area (Å²) in [6.45, 7) is 2.30. The third-order valence-electron chi connectivity index (χ3n) is 4.61. The number of piperazine rings is 1. The molecule has 0 radical (unpaired) electrons. The average molecular weight is 372 g/mol. The van der Waals surface area contributed by atoms with Crippen molar-refractivity contribution in [3.05, 3.63) is 29.3 Å². The summed E-state index contributed by atoms with van der Waals surface area (Å²) < 4.78 is 26.8. The van der Waals surface area contributed by atoms with Crippen LogP contribution in [0.4, 0.5) is 0 Å². The van der Waals surface area contributed by atoms with E-state index in [0.29, 0.717) is 26.2 Å². The molecule has 2 heterocycles. The molecule has 2 aliphatic heterocycles. The van der Waals surface area contributed by atoms with E-state index in [4.69, 9.17) is 11.6 Å². The van der Waals surface area contributed by atoms with E-state index in [2.05, 4.69) is 5.32 Å². The maximum absolute atomic E-state index is 12.7. The lowest BCUT2D eigenvalue weighted by Crippen LogP contribution is -2.55. The van der Waals surface area contributed by atoms with Gasteiger partial charge in [-0.25, -0.2) is 8.42 Å². The molecule has 0 aliphatic carbocycles. The Morgan fingerprint density at radius 3 is 2.46 bits per heavy atom. The maximum atomic E-state index is 12.7. The second-order valence-corrected chi connectivity index (χ2v) is 8.48. The second kappa shape index (κ2) is 7.39. The van der Waals surface area contributed by atoms with Crippen molar-refractivity contribution in [2.24, 2.45) is 0 Å². The molecule has 1 aromatic carbocycles. The summed E-state index contributed by atoms with van der Waals surface area (Å²) in [6, 6.07) is 6.33. The van der Waals surface area contributed by atoms with Crippen molar-refractivity contribution in [1.82, 2.24) is 14.5 Å². The highest BCUT2D eigenvalue weighted by molar-refractivity contribution is 7.89. The van der Waals surface area contributed by atoms with Crippen molar-refractivity contribution in [3.63, 3.8) is 0 Å². The van der Waals surface area contributed by atoms with Crippen molar-refractivity contribution < 1.29 is 13.2 Å². The van der Waals surface area contributed by atoms with Crippen LogP contribution >= 0.6 is 11.6 Å². The summed E-state index contributed by atoms with van der Waals surface area (Å²) in [7, 11) is -3.62. The summed E-state index contributed by atoms with van der Waals surface area (Å²) in [5, 5.41) is 3.47. The molecule has 2 fully saturated rings. The highest BCUT2D eigenvalue weighted by Gasteiger charge is 2.33. The number of hydrogen-bond acceptors (Lipinski definition) is 4. The summed E-state index contributed by atoms with van der Waals surface area (Å²) in [6.07, 6.45) is 3.02. The van der Waals surface area contributed by atoms with E-state index in [1.807, 2.05) is 0 Å². The van der Waals surface area contributed by atoms with Crippen LogP contribution in [0.5, 0.6) is 0 Å². The normalized spacial score (nSPS) is 23.2. The van der Waals surface area contributed by atoms with Gasteiger partial charge in [0.05, 0.1) is 11.1 Å². The van der Waals surface area contributed by atoms with Crippen molar-refractivity contribution in [2.45, 2.75) is 30.2 Å². The Bertz CT molecular complexity index is 696. The van der Waals surface area contributed by atoms with Crippen LogP contribution in [-0.2, 0) is 14.8 Å². The van der Waals surface area contributed by atoms with Crippen molar-refractivity contribution >= 4 is 27.5 Å². The minimum atomic E-state index is -3.62. The molecule has 2 aliphatic rings. The Kier molecular flexibility index (Phi) is 5.44. The molecule has 1 unspecified atom stereocenters. The van der Waals surface area contributed by atoms with Crippen molar-refractivity contribution in [2.75, 3.05) is 32.7 Å². The Balaban J connectivity index is 1.64. The molecule has 24 heavy (non-hydrogen) atoms. The molecule has 0 saturated carbocycles.